The second-order valence-electron chi connectivity index (χ2n) is 4.04. The molecule has 1 aromatic heterocycles. The highest BCUT2D eigenvalue weighted by Gasteiger charge is 2.15. The van der Waals surface area contributed by atoms with E-state index in [2.05, 4.69) is 21.2 Å². The maximum Gasteiger partial charge on any atom is 0.255 e. The third-order valence-electron chi connectivity index (χ3n) is 2.65. The van der Waals surface area contributed by atoms with E-state index < -0.39 is 0 Å². The van der Waals surface area contributed by atoms with E-state index >= 15 is 0 Å². The van der Waals surface area contributed by atoms with E-state index in [0.717, 1.165) is 11.3 Å². The highest BCUT2D eigenvalue weighted by atomic mass is 79.9. The van der Waals surface area contributed by atoms with Gasteiger partial charge >= 0.3 is 0 Å². The van der Waals surface area contributed by atoms with E-state index in [1.807, 2.05) is 37.3 Å². The lowest BCUT2D eigenvalue weighted by Gasteiger charge is -2.15. The normalized spacial score (nSPS) is 12.1. The Bertz CT molecular complexity index is 522. The number of rotatable bonds is 4. The fourth-order valence-electron chi connectivity index (χ4n) is 1.70. The molecule has 1 unspecified atom stereocenters. The largest absolute Gasteiger partial charge is 0.469 e. The fourth-order valence-corrected chi connectivity index (χ4v) is 2.24. The molecule has 4 heteroatoms. The Morgan fingerprint density at radius 1 is 1.39 bits per heavy atom. The number of hydrogen-bond donors (Lipinski definition) is 1. The molecule has 0 aliphatic heterocycles. The van der Waals surface area contributed by atoms with Crippen LogP contribution in [0.15, 0.2) is 47.1 Å². The first-order chi connectivity index (χ1) is 8.70. The van der Waals surface area contributed by atoms with Crippen molar-refractivity contribution in [3.05, 3.63) is 59.5 Å². The van der Waals surface area contributed by atoms with Crippen molar-refractivity contribution in [2.75, 3.05) is 5.33 Å². The third-order valence-corrected chi connectivity index (χ3v) is 3.30. The van der Waals surface area contributed by atoms with E-state index in [-0.39, 0.29) is 11.9 Å². The van der Waals surface area contributed by atoms with Crippen LogP contribution in [0.5, 0.6) is 0 Å². The second kappa shape index (κ2) is 5.87. The van der Waals surface area contributed by atoms with Gasteiger partial charge in [-0.3, -0.25) is 4.79 Å². The number of alkyl halides is 1. The number of nitrogens with one attached hydrogen (secondary N) is 1. The molecule has 0 bridgehead atoms. The first-order valence-corrected chi connectivity index (χ1v) is 6.79. The highest BCUT2D eigenvalue weighted by molar-refractivity contribution is 9.09. The first kappa shape index (κ1) is 12.9. The predicted octanol–water partition coefficient (Wildman–Crippen LogP) is 3.45. The van der Waals surface area contributed by atoms with Crippen molar-refractivity contribution in [3.8, 4) is 0 Å². The molecule has 0 aliphatic carbocycles. The van der Waals surface area contributed by atoms with Crippen molar-refractivity contribution in [3.63, 3.8) is 0 Å². The summed E-state index contributed by atoms with van der Waals surface area (Å²) in [5.41, 5.74) is 1.62. The topological polar surface area (TPSA) is 42.2 Å². The van der Waals surface area contributed by atoms with Crippen LogP contribution in [0.1, 0.15) is 27.7 Å². The summed E-state index contributed by atoms with van der Waals surface area (Å²) in [5, 5.41) is 3.63. The molecular weight excluding hydrogens is 294 g/mol. The molecule has 18 heavy (non-hydrogen) atoms. The number of benzene rings is 1. The molecule has 0 saturated heterocycles. The SMILES string of the molecule is Cc1cc(C(=O)NC(CBr)c2ccccc2)co1. The van der Waals surface area contributed by atoms with Gasteiger partial charge in [0.15, 0.2) is 0 Å². The number of halogens is 1. The standard InChI is InChI=1S/C14H14BrNO2/c1-10-7-12(9-18-10)14(17)16-13(8-15)11-5-3-2-4-6-11/h2-7,9,13H,8H2,1H3,(H,16,17). The van der Waals surface area contributed by atoms with Gasteiger partial charge in [0.1, 0.15) is 12.0 Å². The van der Waals surface area contributed by atoms with Crippen molar-refractivity contribution in [2.24, 2.45) is 0 Å². The van der Waals surface area contributed by atoms with Gasteiger partial charge in [-0.05, 0) is 18.6 Å². The minimum absolute atomic E-state index is 0.0473. The first-order valence-electron chi connectivity index (χ1n) is 5.67. The molecule has 1 heterocycles. The van der Waals surface area contributed by atoms with Gasteiger partial charge in [-0.2, -0.15) is 0 Å². The molecule has 1 N–H and O–H groups in total. The lowest BCUT2D eigenvalue weighted by molar-refractivity contribution is 0.0940. The zero-order chi connectivity index (χ0) is 13.0. The second-order valence-corrected chi connectivity index (χ2v) is 4.68. The molecule has 1 atom stereocenters. The van der Waals surface area contributed by atoms with Crippen molar-refractivity contribution in [2.45, 2.75) is 13.0 Å². The number of hydrogen-bond acceptors (Lipinski definition) is 2. The van der Waals surface area contributed by atoms with Crippen molar-refractivity contribution in [1.82, 2.24) is 5.32 Å². The minimum Gasteiger partial charge on any atom is -0.469 e. The van der Waals surface area contributed by atoms with Gasteiger partial charge in [0.05, 0.1) is 11.6 Å². The van der Waals surface area contributed by atoms with Crippen molar-refractivity contribution in [1.29, 1.82) is 0 Å². The van der Waals surface area contributed by atoms with Crippen LogP contribution in [-0.4, -0.2) is 11.2 Å². The van der Waals surface area contributed by atoms with E-state index in [4.69, 9.17) is 4.42 Å². The maximum absolute atomic E-state index is 12.0. The van der Waals surface area contributed by atoms with Gasteiger partial charge in [-0.15, -0.1) is 0 Å². The van der Waals surface area contributed by atoms with Crippen LogP contribution in [0, 0.1) is 6.92 Å². The monoisotopic (exact) mass is 307 g/mol. The van der Waals surface area contributed by atoms with Gasteiger partial charge in [-0.1, -0.05) is 46.3 Å². The molecular formula is C14H14BrNO2. The quantitative estimate of drug-likeness (QED) is 0.879. The average Bonchev–Trinajstić information content (AvgIpc) is 2.83. The summed E-state index contributed by atoms with van der Waals surface area (Å²) in [6, 6.07) is 11.5. The molecule has 0 fully saturated rings. The Hall–Kier alpha value is -1.55. The van der Waals surface area contributed by atoms with E-state index in [9.17, 15) is 4.79 Å². The van der Waals surface area contributed by atoms with Crippen LogP contribution < -0.4 is 5.32 Å². The molecule has 1 aromatic carbocycles. The number of carbonyl (C=O) groups excluding carboxylic acids is 1. The van der Waals surface area contributed by atoms with Crippen LogP contribution in [0.4, 0.5) is 0 Å². The summed E-state index contributed by atoms with van der Waals surface area (Å²) >= 11 is 3.42. The van der Waals surface area contributed by atoms with Crippen LogP contribution in [-0.2, 0) is 0 Å². The zero-order valence-corrected chi connectivity index (χ0v) is 11.6. The number of furan rings is 1. The molecule has 0 saturated carbocycles. The number of amides is 1. The van der Waals surface area contributed by atoms with Gasteiger partial charge in [0.2, 0.25) is 0 Å². The molecule has 94 valence electrons. The summed E-state index contributed by atoms with van der Waals surface area (Å²) in [6.45, 7) is 1.82. The molecule has 3 nitrogen and oxygen atoms in total. The van der Waals surface area contributed by atoms with Crippen LogP contribution in [0.25, 0.3) is 0 Å². The molecule has 1 amide bonds. The predicted molar refractivity (Wildman–Crippen MR) is 73.9 cm³/mol. The lowest BCUT2D eigenvalue weighted by Crippen LogP contribution is -2.29. The summed E-state index contributed by atoms with van der Waals surface area (Å²) < 4.78 is 5.13. The summed E-state index contributed by atoms with van der Waals surface area (Å²) in [7, 11) is 0. The lowest BCUT2D eigenvalue weighted by atomic mass is 10.1. The number of carbonyl (C=O) groups is 1. The fraction of sp³-hybridized carbons (Fsp3) is 0.214. The van der Waals surface area contributed by atoms with E-state index in [1.54, 1.807) is 6.07 Å². The zero-order valence-electron chi connectivity index (χ0n) is 10.0. The van der Waals surface area contributed by atoms with Gasteiger partial charge in [0.25, 0.3) is 5.91 Å². The Kier molecular flexibility index (Phi) is 4.20. The molecule has 2 rings (SSSR count). The summed E-state index contributed by atoms with van der Waals surface area (Å²) in [6.07, 6.45) is 1.47. The van der Waals surface area contributed by atoms with E-state index in [1.165, 1.54) is 6.26 Å². The Morgan fingerprint density at radius 3 is 2.67 bits per heavy atom. The molecule has 2 aromatic rings. The molecule has 0 spiro atoms. The summed E-state index contributed by atoms with van der Waals surface area (Å²) in [4.78, 5) is 12.0. The Labute approximate surface area is 114 Å². The average molecular weight is 308 g/mol. The molecule has 0 aliphatic rings. The maximum atomic E-state index is 12.0. The highest BCUT2D eigenvalue weighted by Crippen LogP contribution is 2.16. The van der Waals surface area contributed by atoms with Gasteiger partial charge in [-0.25, -0.2) is 0 Å². The van der Waals surface area contributed by atoms with Gasteiger partial charge < -0.3 is 9.73 Å². The minimum atomic E-state index is -0.125. The molecule has 0 radical (unpaired) electrons. The van der Waals surface area contributed by atoms with E-state index in [0.29, 0.717) is 10.9 Å². The smallest absolute Gasteiger partial charge is 0.255 e. The third kappa shape index (κ3) is 3.01. The van der Waals surface area contributed by atoms with Crippen molar-refractivity contribution < 1.29 is 9.21 Å². The number of aryl methyl sites for hydroxylation is 1. The van der Waals surface area contributed by atoms with Crippen LogP contribution in [0.3, 0.4) is 0 Å². The van der Waals surface area contributed by atoms with Crippen LogP contribution in [0.2, 0.25) is 0 Å². The van der Waals surface area contributed by atoms with Crippen LogP contribution >= 0.6 is 15.9 Å². The Morgan fingerprint density at radius 2 is 2.11 bits per heavy atom. The van der Waals surface area contributed by atoms with Crippen molar-refractivity contribution >= 4 is 21.8 Å². The Balaban J connectivity index is 2.10. The van der Waals surface area contributed by atoms with Gasteiger partial charge in [0, 0.05) is 5.33 Å². The summed E-state index contributed by atoms with van der Waals surface area (Å²) in [5.74, 6) is 0.607.